The summed E-state index contributed by atoms with van der Waals surface area (Å²) >= 11 is 0. The molecule has 0 N–H and O–H groups in total. The van der Waals surface area contributed by atoms with Crippen molar-refractivity contribution in [3.8, 4) is 0 Å². The van der Waals surface area contributed by atoms with E-state index in [2.05, 4.69) is 25.1 Å². The van der Waals surface area contributed by atoms with Crippen LogP contribution in [0, 0.1) is 0 Å². The molecule has 2 aliphatic rings. The predicted octanol–water partition coefficient (Wildman–Crippen LogP) is 1.14. The van der Waals surface area contributed by atoms with Gasteiger partial charge < -0.3 is 9.80 Å². The maximum atomic E-state index is 11.9. The SMILES string of the molecule is Cn1cc2c(N3CCC(n4cc(N5CCCC5=O)cn4)C3)ncnc2n1. The predicted molar refractivity (Wildman–Crippen MR) is 96.0 cm³/mol. The Morgan fingerprint density at radius 2 is 2.12 bits per heavy atom. The second-order valence-corrected chi connectivity index (χ2v) is 6.95. The minimum absolute atomic E-state index is 0.192. The van der Waals surface area contributed by atoms with Crippen LogP contribution in [0.2, 0.25) is 0 Å². The lowest BCUT2D eigenvalue weighted by molar-refractivity contribution is -0.117. The highest BCUT2D eigenvalue weighted by molar-refractivity contribution is 5.95. The van der Waals surface area contributed by atoms with Gasteiger partial charge in [-0.05, 0) is 12.8 Å². The van der Waals surface area contributed by atoms with Gasteiger partial charge in [0.15, 0.2) is 5.65 Å². The van der Waals surface area contributed by atoms with Crippen LogP contribution in [0.5, 0.6) is 0 Å². The number of anilines is 2. The van der Waals surface area contributed by atoms with Crippen molar-refractivity contribution in [1.29, 1.82) is 0 Å². The highest BCUT2D eigenvalue weighted by Gasteiger charge is 2.29. The van der Waals surface area contributed by atoms with Crippen molar-refractivity contribution < 1.29 is 4.79 Å². The van der Waals surface area contributed by atoms with E-state index in [-0.39, 0.29) is 11.9 Å². The fourth-order valence-corrected chi connectivity index (χ4v) is 3.93. The molecule has 5 heterocycles. The van der Waals surface area contributed by atoms with Gasteiger partial charge in [-0.3, -0.25) is 14.2 Å². The molecular weight excluding hydrogens is 332 g/mol. The maximum absolute atomic E-state index is 11.9. The molecule has 0 bridgehead atoms. The van der Waals surface area contributed by atoms with Crippen molar-refractivity contribution >= 4 is 28.4 Å². The lowest BCUT2D eigenvalue weighted by Gasteiger charge is -2.18. The van der Waals surface area contributed by atoms with Crippen molar-refractivity contribution in [2.45, 2.75) is 25.3 Å². The summed E-state index contributed by atoms with van der Waals surface area (Å²) in [7, 11) is 1.89. The van der Waals surface area contributed by atoms with Gasteiger partial charge in [0.25, 0.3) is 0 Å². The normalized spacial score (nSPS) is 20.7. The molecule has 3 aromatic rings. The molecular formula is C17H20N8O. The Bertz CT molecular complexity index is 976. The Hall–Kier alpha value is -2.97. The molecule has 2 saturated heterocycles. The third-order valence-electron chi connectivity index (χ3n) is 5.22. The lowest BCUT2D eigenvalue weighted by Crippen LogP contribution is -2.23. The van der Waals surface area contributed by atoms with Crippen LogP contribution in [-0.4, -0.2) is 55.1 Å². The summed E-state index contributed by atoms with van der Waals surface area (Å²) in [6, 6.07) is 0.267. The zero-order chi connectivity index (χ0) is 17.7. The van der Waals surface area contributed by atoms with Crippen LogP contribution in [0.1, 0.15) is 25.3 Å². The molecule has 0 aliphatic carbocycles. The van der Waals surface area contributed by atoms with E-state index in [4.69, 9.17) is 0 Å². The van der Waals surface area contributed by atoms with E-state index < -0.39 is 0 Å². The topological polar surface area (TPSA) is 85.0 Å². The van der Waals surface area contributed by atoms with Crippen LogP contribution >= 0.6 is 0 Å². The Labute approximate surface area is 150 Å². The van der Waals surface area contributed by atoms with Crippen molar-refractivity contribution in [2.24, 2.45) is 7.05 Å². The number of nitrogens with zero attached hydrogens (tertiary/aromatic N) is 8. The molecule has 0 radical (unpaired) electrons. The molecule has 9 heteroatoms. The van der Waals surface area contributed by atoms with Gasteiger partial charge >= 0.3 is 0 Å². The fourth-order valence-electron chi connectivity index (χ4n) is 3.93. The number of aryl methyl sites for hydroxylation is 1. The first-order chi connectivity index (χ1) is 12.7. The zero-order valence-corrected chi connectivity index (χ0v) is 14.6. The van der Waals surface area contributed by atoms with E-state index in [1.807, 2.05) is 29.0 Å². The Morgan fingerprint density at radius 1 is 1.19 bits per heavy atom. The zero-order valence-electron chi connectivity index (χ0n) is 14.6. The van der Waals surface area contributed by atoms with Gasteiger partial charge in [-0.25, -0.2) is 9.97 Å². The minimum Gasteiger partial charge on any atom is -0.354 e. The summed E-state index contributed by atoms with van der Waals surface area (Å²) in [4.78, 5) is 24.8. The third kappa shape index (κ3) is 2.42. The largest absolute Gasteiger partial charge is 0.354 e. The van der Waals surface area contributed by atoms with Crippen LogP contribution < -0.4 is 9.80 Å². The molecule has 0 saturated carbocycles. The van der Waals surface area contributed by atoms with E-state index in [0.717, 1.165) is 55.0 Å². The van der Waals surface area contributed by atoms with Gasteiger partial charge in [0, 0.05) is 45.5 Å². The van der Waals surface area contributed by atoms with Crippen LogP contribution in [-0.2, 0) is 11.8 Å². The van der Waals surface area contributed by atoms with Crippen LogP contribution in [0.4, 0.5) is 11.5 Å². The van der Waals surface area contributed by atoms with Crippen LogP contribution in [0.15, 0.2) is 24.9 Å². The standard InChI is InChI=1S/C17H20N8O/c1-22-10-14-16(21-22)18-11-19-17(14)23-6-4-12(8-23)25-9-13(7-20-25)24-5-2-3-15(24)26/h7,9-12H,2-6,8H2,1H3. The van der Waals surface area contributed by atoms with Crippen LogP contribution in [0.25, 0.3) is 11.0 Å². The first-order valence-corrected chi connectivity index (χ1v) is 8.93. The summed E-state index contributed by atoms with van der Waals surface area (Å²) < 4.78 is 3.76. The molecule has 26 heavy (non-hydrogen) atoms. The van der Waals surface area contributed by atoms with Crippen molar-refractivity contribution in [2.75, 3.05) is 29.4 Å². The van der Waals surface area contributed by atoms with Gasteiger partial charge in [0.2, 0.25) is 5.91 Å². The van der Waals surface area contributed by atoms with Crippen molar-refractivity contribution in [3.05, 3.63) is 24.9 Å². The van der Waals surface area contributed by atoms with Gasteiger partial charge in [-0.15, -0.1) is 0 Å². The number of carbonyl (C=O) groups is 1. The van der Waals surface area contributed by atoms with E-state index >= 15 is 0 Å². The molecule has 0 aromatic carbocycles. The second-order valence-electron chi connectivity index (χ2n) is 6.95. The number of carbonyl (C=O) groups excluding carboxylic acids is 1. The second kappa shape index (κ2) is 5.79. The third-order valence-corrected chi connectivity index (χ3v) is 5.22. The van der Waals surface area contributed by atoms with Crippen molar-refractivity contribution in [3.63, 3.8) is 0 Å². The highest BCUT2D eigenvalue weighted by Crippen LogP contribution is 2.30. The first kappa shape index (κ1) is 15.3. The maximum Gasteiger partial charge on any atom is 0.227 e. The molecule has 9 nitrogen and oxygen atoms in total. The number of hydrogen-bond acceptors (Lipinski definition) is 6. The number of aromatic nitrogens is 6. The van der Waals surface area contributed by atoms with Gasteiger partial charge in [0.1, 0.15) is 12.1 Å². The molecule has 1 unspecified atom stereocenters. The molecule has 5 rings (SSSR count). The Kier molecular flexibility index (Phi) is 3.41. The number of hydrogen-bond donors (Lipinski definition) is 0. The summed E-state index contributed by atoms with van der Waals surface area (Å²) in [5, 5.41) is 9.85. The monoisotopic (exact) mass is 352 g/mol. The van der Waals surface area contributed by atoms with Gasteiger partial charge in [0.05, 0.1) is 23.3 Å². The molecule has 134 valence electrons. The number of amides is 1. The summed E-state index contributed by atoms with van der Waals surface area (Å²) in [5.41, 5.74) is 1.62. The highest BCUT2D eigenvalue weighted by atomic mass is 16.2. The van der Waals surface area contributed by atoms with E-state index in [0.29, 0.717) is 6.42 Å². The first-order valence-electron chi connectivity index (χ1n) is 8.93. The van der Waals surface area contributed by atoms with Crippen molar-refractivity contribution in [1.82, 2.24) is 29.5 Å². The van der Waals surface area contributed by atoms with Gasteiger partial charge in [-0.2, -0.15) is 10.2 Å². The molecule has 3 aromatic heterocycles. The molecule has 1 amide bonds. The van der Waals surface area contributed by atoms with Crippen LogP contribution in [0.3, 0.4) is 0 Å². The molecule has 2 fully saturated rings. The van der Waals surface area contributed by atoms with Gasteiger partial charge in [-0.1, -0.05) is 0 Å². The molecule has 2 aliphatic heterocycles. The smallest absolute Gasteiger partial charge is 0.227 e. The average molecular weight is 352 g/mol. The summed E-state index contributed by atoms with van der Waals surface area (Å²) in [6.07, 6.45) is 9.88. The van der Waals surface area contributed by atoms with E-state index in [1.165, 1.54) is 0 Å². The molecule has 0 spiro atoms. The quantitative estimate of drug-likeness (QED) is 0.703. The van der Waals surface area contributed by atoms with E-state index in [9.17, 15) is 4.79 Å². The Balaban J connectivity index is 1.37. The summed E-state index contributed by atoms with van der Waals surface area (Å²) in [5.74, 6) is 1.12. The minimum atomic E-state index is 0.192. The Morgan fingerprint density at radius 3 is 2.96 bits per heavy atom. The number of fused-ring (bicyclic) bond motifs is 1. The number of rotatable bonds is 3. The average Bonchev–Trinajstić information content (AvgIpc) is 3.39. The lowest BCUT2D eigenvalue weighted by atomic mass is 10.3. The summed E-state index contributed by atoms with van der Waals surface area (Å²) in [6.45, 7) is 2.53. The fraction of sp³-hybridized carbons (Fsp3) is 0.471. The van der Waals surface area contributed by atoms with E-state index in [1.54, 1.807) is 17.2 Å². The molecule has 1 atom stereocenters.